The van der Waals surface area contributed by atoms with Crippen LogP contribution in [0.4, 0.5) is 5.13 Å². The molecule has 5 aromatic rings. The molecule has 0 saturated carbocycles. The number of hydrogen-bond donors (Lipinski definition) is 2. The molecule has 31 heavy (non-hydrogen) atoms. The van der Waals surface area contributed by atoms with Gasteiger partial charge in [-0.3, -0.25) is 4.98 Å². The van der Waals surface area contributed by atoms with Crippen molar-refractivity contribution < 1.29 is 9.84 Å². The van der Waals surface area contributed by atoms with E-state index in [9.17, 15) is 5.11 Å². The molecule has 1 atom stereocenters. The van der Waals surface area contributed by atoms with Crippen LogP contribution >= 0.6 is 27.3 Å². The Morgan fingerprint density at radius 3 is 2.65 bits per heavy atom. The van der Waals surface area contributed by atoms with Crippen LogP contribution in [0.2, 0.25) is 0 Å². The molecule has 0 radical (unpaired) electrons. The fraction of sp³-hybridized carbons (Fsp3) is 0.0833. The number of aromatic hydroxyl groups is 1. The number of anilines is 1. The third kappa shape index (κ3) is 3.82. The van der Waals surface area contributed by atoms with Crippen LogP contribution in [-0.4, -0.2) is 22.2 Å². The lowest BCUT2D eigenvalue weighted by Gasteiger charge is -2.22. The molecule has 0 saturated heterocycles. The second kappa shape index (κ2) is 8.17. The second-order valence-corrected chi connectivity index (χ2v) is 9.00. The number of nitrogens with one attached hydrogen (secondary N) is 1. The first-order valence-electron chi connectivity index (χ1n) is 9.65. The van der Waals surface area contributed by atoms with Gasteiger partial charge in [0.25, 0.3) is 0 Å². The largest absolute Gasteiger partial charge is 0.508 e. The Kier molecular flexibility index (Phi) is 5.21. The van der Waals surface area contributed by atoms with Crippen molar-refractivity contribution in [2.24, 2.45) is 0 Å². The van der Waals surface area contributed by atoms with Crippen molar-refractivity contribution >= 4 is 53.5 Å². The molecule has 1 unspecified atom stereocenters. The summed E-state index contributed by atoms with van der Waals surface area (Å²) in [4.78, 5) is 9.21. The number of thiazole rings is 1. The maximum Gasteiger partial charge on any atom is 0.184 e. The summed E-state index contributed by atoms with van der Waals surface area (Å²) in [5.41, 5.74) is 3.49. The van der Waals surface area contributed by atoms with Crippen LogP contribution in [0.25, 0.3) is 21.1 Å². The minimum atomic E-state index is -0.331. The quantitative estimate of drug-likeness (QED) is 0.292. The van der Waals surface area contributed by atoms with Gasteiger partial charge >= 0.3 is 0 Å². The minimum Gasteiger partial charge on any atom is -0.508 e. The van der Waals surface area contributed by atoms with Crippen molar-refractivity contribution in [3.63, 3.8) is 0 Å². The molecule has 3 aromatic carbocycles. The number of fused-ring (bicyclic) bond motifs is 2. The maximum atomic E-state index is 10.9. The fourth-order valence-corrected chi connectivity index (χ4v) is 5.12. The number of rotatable bonds is 5. The molecule has 0 fully saturated rings. The molecule has 0 aliphatic carbocycles. The number of phenols is 1. The van der Waals surface area contributed by atoms with Crippen LogP contribution in [0.1, 0.15) is 17.2 Å². The Hall–Kier alpha value is -3.16. The summed E-state index contributed by atoms with van der Waals surface area (Å²) < 4.78 is 7.41. The Bertz CT molecular complexity index is 1390. The summed E-state index contributed by atoms with van der Waals surface area (Å²) in [6.45, 7) is 0. The van der Waals surface area contributed by atoms with Crippen molar-refractivity contribution in [3.05, 3.63) is 88.5 Å². The number of methoxy groups -OCH3 is 1. The molecule has 2 aromatic heterocycles. The minimum absolute atomic E-state index is 0.206. The molecule has 154 valence electrons. The van der Waals surface area contributed by atoms with Crippen LogP contribution in [0.5, 0.6) is 11.5 Å². The van der Waals surface area contributed by atoms with Gasteiger partial charge in [0, 0.05) is 21.6 Å². The summed E-state index contributed by atoms with van der Waals surface area (Å²) in [5, 5.41) is 16.1. The molecule has 0 amide bonds. The number of ether oxygens (including phenoxy) is 1. The van der Waals surface area contributed by atoms with Crippen molar-refractivity contribution in [1.29, 1.82) is 0 Å². The van der Waals surface area contributed by atoms with Gasteiger partial charge in [-0.1, -0.05) is 45.5 Å². The van der Waals surface area contributed by atoms with Crippen LogP contribution < -0.4 is 10.1 Å². The first kappa shape index (κ1) is 19.8. The van der Waals surface area contributed by atoms with E-state index in [-0.39, 0.29) is 11.8 Å². The van der Waals surface area contributed by atoms with E-state index >= 15 is 0 Å². The Morgan fingerprint density at radius 2 is 1.84 bits per heavy atom. The lowest BCUT2D eigenvalue weighted by molar-refractivity contribution is 0.414. The van der Waals surface area contributed by atoms with Gasteiger partial charge in [-0.05, 0) is 54.1 Å². The topological polar surface area (TPSA) is 67.3 Å². The van der Waals surface area contributed by atoms with E-state index in [1.54, 1.807) is 30.7 Å². The average Bonchev–Trinajstić information content (AvgIpc) is 3.19. The molecule has 0 aliphatic heterocycles. The molecule has 0 aliphatic rings. The molecular weight excluding hydrogens is 474 g/mol. The summed E-state index contributed by atoms with van der Waals surface area (Å²) >= 11 is 5.10. The molecule has 5 nitrogen and oxygen atoms in total. The summed E-state index contributed by atoms with van der Waals surface area (Å²) in [5.74, 6) is 0.980. The van der Waals surface area contributed by atoms with E-state index in [1.807, 2.05) is 54.6 Å². The lowest BCUT2D eigenvalue weighted by atomic mass is 9.94. The van der Waals surface area contributed by atoms with Gasteiger partial charge < -0.3 is 15.2 Å². The van der Waals surface area contributed by atoms with Crippen molar-refractivity contribution in [2.45, 2.75) is 6.04 Å². The number of aromatic nitrogens is 2. The van der Waals surface area contributed by atoms with Crippen molar-refractivity contribution in [3.8, 4) is 11.5 Å². The fourth-order valence-electron chi connectivity index (χ4n) is 3.67. The van der Waals surface area contributed by atoms with E-state index < -0.39 is 0 Å². The van der Waals surface area contributed by atoms with E-state index in [0.717, 1.165) is 47.6 Å². The van der Waals surface area contributed by atoms with E-state index in [4.69, 9.17) is 9.72 Å². The number of hydrogen-bond acceptors (Lipinski definition) is 6. The lowest BCUT2D eigenvalue weighted by Crippen LogP contribution is -2.13. The highest BCUT2D eigenvalue weighted by Gasteiger charge is 2.22. The number of phenolic OH excluding ortho intramolecular Hbond substituents is 1. The van der Waals surface area contributed by atoms with Gasteiger partial charge in [0.2, 0.25) is 0 Å². The monoisotopic (exact) mass is 491 g/mol. The van der Waals surface area contributed by atoms with Gasteiger partial charge in [-0.25, -0.2) is 4.98 Å². The third-order valence-electron chi connectivity index (χ3n) is 5.16. The highest BCUT2D eigenvalue weighted by Crippen LogP contribution is 2.39. The van der Waals surface area contributed by atoms with Crippen LogP contribution in [0.15, 0.2) is 77.4 Å². The SMILES string of the molecule is COc1ccc(C(Nc2nc3ccc(Br)cc3s2)c2c(O)ccc3ncccc23)cc1. The first-order chi connectivity index (χ1) is 15.1. The van der Waals surface area contributed by atoms with E-state index in [2.05, 4.69) is 32.3 Å². The molecule has 7 heteroatoms. The highest BCUT2D eigenvalue weighted by atomic mass is 79.9. The smallest absolute Gasteiger partial charge is 0.184 e. The van der Waals surface area contributed by atoms with Gasteiger partial charge in [0.1, 0.15) is 11.5 Å². The van der Waals surface area contributed by atoms with Crippen LogP contribution in [0.3, 0.4) is 0 Å². The van der Waals surface area contributed by atoms with Gasteiger partial charge in [-0.2, -0.15) is 0 Å². The van der Waals surface area contributed by atoms with Gasteiger partial charge in [-0.15, -0.1) is 0 Å². The molecular formula is C24H18BrN3O2S. The number of pyridine rings is 1. The average molecular weight is 492 g/mol. The molecule has 0 bridgehead atoms. The molecule has 2 N–H and O–H groups in total. The van der Waals surface area contributed by atoms with Gasteiger partial charge in [0.05, 0.1) is 28.9 Å². The summed E-state index contributed by atoms with van der Waals surface area (Å²) in [6, 6.07) is 20.9. The summed E-state index contributed by atoms with van der Waals surface area (Å²) in [6.07, 6.45) is 1.75. The van der Waals surface area contributed by atoms with Crippen molar-refractivity contribution in [2.75, 3.05) is 12.4 Å². The van der Waals surface area contributed by atoms with Crippen LogP contribution in [0, 0.1) is 0 Å². The summed E-state index contributed by atoms with van der Waals surface area (Å²) in [7, 11) is 1.65. The molecule has 0 spiro atoms. The standard InChI is InChI=1S/C24H18BrN3O2S/c1-30-16-7-4-14(5-8-16)23(22-17-3-2-12-26-18(17)10-11-20(22)29)28-24-27-19-9-6-15(25)13-21(19)31-24/h2-13,23,29H,1H3,(H,27,28). The molecule has 5 rings (SSSR count). The zero-order chi connectivity index (χ0) is 21.4. The Labute approximate surface area is 191 Å². The zero-order valence-electron chi connectivity index (χ0n) is 16.5. The maximum absolute atomic E-state index is 10.9. The number of benzene rings is 3. The predicted molar refractivity (Wildman–Crippen MR) is 129 cm³/mol. The van der Waals surface area contributed by atoms with Gasteiger partial charge in [0.15, 0.2) is 5.13 Å². The second-order valence-electron chi connectivity index (χ2n) is 7.05. The van der Waals surface area contributed by atoms with Crippen molar-refractivity contribution in [1.82, 2.24) is 9.97 Å². The zero-order valence-corrected chi connectivity index (χ0v) is 18.9. The normalized spacial score (nSPS) is 12.2. The highest BCUT2D eigenvalue weighted by molar-refractivity contribution is 9.10. The molecule has 2 heterocycles. The predicted octanol–water partition coefficient (Wildman–Crippen LogP) is 6.52. The van der Waals surface area contributed by atoms with E-state index in [1.165, 1.54) is 0 Å². The van der Waals surface area contributed by atoms with E-state index in [0.29, 0.717) is 0 Å². The Morgan fingerprint density at radius 1 is 1.03 bits per heavy atom. The van der Waals surface area contributed by atoms with Crippen LogP contribution in [-0.2, 0) is 0 Å². The third-order valence-corrected chi connectivity index (χ3v) is 6.60. The number of halogens is 1. The Balaban J connectivity index is 1.66. The number of nitrogens with zero attached hydrogens (tertiary/aromatic N) is 2. The first-order valence-corrected chi connectivity index (χ1v) is 11.3.